The van der Waals surface area contributed by atoms with E-state index in [1.807, 2.05) is 7.05 Å². The molecule has 0 fully saturated rings. The van der Waals surface area contributed by atoms with Gasteiger partial charge in [0.2, 0.25) is 11.7 Å². The molecule has 2 aromatic rings. The van der Waals surface area contributed by atoms with Gasteiger partial charge in [0.25, 0.3) is 0 Å². The highest BCUT2D eigenvalue weighted by molar-refractivity contribution is 5.54. The number of unbranched alkanes of at least 4 members (excludes halogenated alkanes) is 7. The van der Waals surface area contributed by atoms with Crippen molar-refractivity contribution in [2.45, 2.75) is 118 Å². The fourth-order valence-corrected chi connectivity index (χ4v) is 3.95. The van der Waals surface area contributed by atoms with Gasteiger partial charge in [0, 0.05) is 11.5 Å². The summed E-state index contributed by atoms with van der Waals surface area (Å²) in [7, 11) is 1.86. The van der Waals surface area contributed by atoms with Crippen molar-refractivity contribution in [2.24, 2.45) is 11.8 Å². The van der Waals surface area contributed by atoms with Crippen LogP contribution in [0.25, 0.3) is 11.4 Å². The van der Waals surface area contributed by atoms with E-state index in [0.29, 0.717) is 24.2 Å². The van der Waals surface area contributed by atoms with Crippen LogP contribution in [0.3, 0.4) is 0 Å². The number of hydrogen-bond acceptors (Lipinski definition) is 5. The summed E-state index contributed by atoms with van der Waals surface area (Å²) in [5.41, 5.74) is 2.41. The molecule has 1 aromatic carbocycles. The van der Waals surface area contributed by atoms with Crippen molar-refractivity contribution in [2.75, 3.05) is 7.05 Å². The Morgan fingerprint density at radius 2 is 1.57 bits per heavy atom. The van der Waals surface area contributed by atoms with Crippen LogP contribution in [0.2, 0.25) is 0 Å². The zero-order valence-electron chi connectivity index (χ0n) is 23.2. The largest absolute Gasteiger partial charge is 0.338 e. The standard InChI is InChI=1S/C20H31N3O.C10H20O/c1-3-4-5-6-7-8-9-10-11-17-12-14-18(15-13-17)20-22-19(16-21-2)24-23-20;1-4-9(3)6-7-10(5-2)8-11/h12-15,21H,3-11,16H2,1-2H3;8-10H,4-7H2,1-3H3/t;9?,10-/m.1/s1. The lowest BCUT2D eigenvalue weighted by atomic mass is 9.95. The van der Waals surface area contributed by atoms with E-state index in [0.717, 1.165) is 37.0 Å². The van der Waals surface area contributed by atoms with Crippen molar-refractivity contribution in [3.63, 3.8) is 0 Å². The van der Waals surface area contributed by atoms with Gasteiger partial charge in [-0.05, 0) is 44.2 Å². The number of aldehydes is 1. The maximum Gasteiger partial charge on any atom is 0.240 e. The van der Waals surface area contributed by atoms with Crippen LogP contribution in [0.5, 0.6) is 0 Å². The molecule has 198 valence electrons. The predicted octanol–water partition coefficient (Wildman–Crippen LogP) is 8.18. The molecule has 0 amide bonds. The molecule has 2 atom stereocenters. The molecular formula is C30H51N3O2. The molecule has 35 heavy (non-hydrogen) atoms. The minimum Gasteiger partial charge on any atom is -0.338 e. The Morgan fingerprint density at radius 3 is 2.14 bits per heavy atom. The topological polar surface area (TPSA) is 68.0 Å². The number of nitrogens with one attached hydrogen (secondary N) is 1. The molecule has 5 nitrogen and oxygen atoms in total. The van der Waals surface area contributed by atoms with Gasteiger partial charge in [-0.15, -0.1) is 0 Å². The molecule has 0 bridgehead atoms. The second kappa shape index (κ2) is 20.2. The van der Waals surface area contributed by atoms with E-state index in [1.54, 1.807) is 0 Å². The quantitative estimate of drug-likeness (QED) is 0.170. The fraction of sp³-hybridized carbons (Fsp3) is 0.700. The minimum atomic E-state index is 0.309. The van der Waals surface area contributed by atoms with Crippen molar-refractivity contribution in [3.8, 4) is 11.4 Å². The molecule has 0 spiro atoms. The molecule has 1 unspecified atom stereocenters. The number of nitrogens with zero attached hydrogens (tertiary/aromatic N) is 2. The van der Waals surface area contributed by atoms with E-state index < -0.39 is 0 Å². The average Bonchev–Trinajstić information content (AvgIpc) is 3.35. The smallest absolute Gasteiger partial charge is 0.240 e. The number of rotatable bonds is 18. The zero-order valence-corrected chi connectivity index (χ0v) is 23.2. The average molecular weight is 486 g/mol. The number of benzene rings is 1. The third kappa shape index (κ3) is 14.2. The van der Waals surface area contributed by atoms with Crippen molar-refractivity contribution in [1.82, 2.24) is 15.5 Å². The number of carbonyl (C=O) groups is 1. The van der Waals surface area contributed by atoms with Crippen molar-refractivity contribution >= 4 is 6.29 Å². The lowest BCUT2D eigenvalue weighted by Gasteiger charge is -2.10. The summed E-state index contributed by atoms with van der Waals surface area (Å²) in [6.07, 6.45) is 17.7. The zero-order chi connectivity index (χ0) is 25.7. The van der Waals surface area contributed by atoms with Gasteiger partial charge in [-0.2, -0.15) is 4.98 Å². The SMILES string of the molecule is CCC(C)CC[C@H](C=O)CC.CCCCCCCCCCc1ccc(-c2noc(CNC)n2)cc1. The van der Waals surface area contributed by atoms with Gasteiger partial charge in [0.05, 0.1) is 6.54 Å². The Hall–Kier alpha value is -2.01. The van der Waals surface area contributed by atoms with E-state index in [-0.39, 0.29) is 0 Å². The molecular weight excluding hydrogens is 434 g/mol. The summed E-state index contributed by atoms with van der Waals surface area (Å²) in [5, 5.41) is 7.03. The van der Waals surface area contributed by atoms with Crippen molar-refractivity contribution in [3.05, 3.63) is 35.7 Å². The van der Waals surface area contributed by atoms with Gasteiger partial charge < -0.3 is 14.6 Å². The van der Waals surface area contributed by atoms with Gasteiger partial charge in [0.15, 0.2) is 0 Å². The molecule has 0 saturated carbocycles. The van der Waals surface area contributed by atoms with Gasteiger partial charge in [-0.25, -0.2) is 0 Å². The van der Waals surface area contributed by atoms with E-state index >= 15 is 0 Å². The molecule has 0 saturated heterocycles. The molecule has 2 rings (SSSR count). The van der Waals surface area contributed by atoms with Gasteiger partial charge in [0.1, 0.15) is 6.29 Å². The third-order valence-corrected chi connectivity index (χ3v) is 6.77. The normalized spacial score (nSPS) is 12.6. The monoisotopic (exact) mass is 485 g/mol. The van der Waals surface area contributed by atoms with E-state index in [1.165, 1.54) is 69.8 Å². The summed E-state index contributed by atoms with van der Waals surface area (Å²) in [5.74, 6) is 2.38. The number of aromatic nitrogens is 2. The van der Waals surface area contributed by atoms with Gasteiger partial charge in [-0.3, -0.25) is 0 Å². The number of aryl methyl sites for hydroxylation is 1. The maximum atomic E-state index is 10.4. The van der Waals surface area contributed by atoms with E-state index in [2.05, 4.69) is 67.4 Å². The van der Waals surface area contributed by atoms with Gasteiger partial charge in [-0.1, -0.05) is 115 Å². The lowest BCUT2D eigenvalue weighted by molar-refractivity contribution is -0.111. The van der Waals surface area contributed by atoms with Gasteiger partial charge >= 0.3 is 0 Å². The Kier molecular flexibility index (Phi) is 17.9. The molecule has 5 heteroatoms. The number of carbonyl (C=O) groups excluding carboxylic acids is 1. The summed E-state index contributed by atoms with van der Waals surface area (Å²) in [6.45, 7) is 9.40. The first-order valence-electron chi connectivity index (χ1n) is 14.1. The Bertz CT molecular complexity index is 757. The Balaban J connectivity index is 0.000000471. The van der Waals surface area contributed by atoms with Crippen molar-refractivity contribution in [1.29, 1.82) is 0 Å². The van der Waals surface area contributed by atoms with Crippen LogP contribution >= 0.6 is 0 Å². The summed E-state index contributed by atoms with van der Waals surface area (Å²) in [4.78, 5) is 14.8. The third-order valence-electron chi connectivity index (χ3n) is 6.77. The van der Waals surface area contributed by atoms with Crippen LogP contribution in [0.1, 0.15) is 116 Å². The molecule has 0 aliphatic heterocycles. The highest BCUT2D eigenvalue weighted by Gasteiger charge is 2.08. The second-order valence-corrected chi connectivity index (χ2v) is 9.86. The van der Waals surface area contributed by atoms with Crippen LogP contribution in [0.15, 0.2) is 28.8 Å². The molecule has 1 N–H and O–H groups in total. The van der Waals surface area contributed by atoms with Crippen LogP contribution in [0, 0.1) is 11.8 Å². The lowest BCUT2D eigenvalue weighted by Crippen LogP contribution is -2.04. The summed E-state index contributed by atoms with van der Waals surface area (Å²) >= 11 is 0. The van der Waals surface area contributed by atoms with Crippen LogP contribution in [-0.2, 0) is 17.8 Å². The summed E-state index contributed by atoms with van der Waals surface area (Å²) < 4.78 is 5.19. The molecule has 0 radical (unpaired) electrons. The first-order valence-corrected chi connectivity index (χ1v) is 14.1. The highest BCUT2D eigenvalue weighted by Crippen LogP contribution is 2.18. The predicted molar refractivity (Wildman–Crippen MR) is 147 cm³/mol. The molecule has 1 aromatic heterocycles. The van der Waals surface area contributed by atoms with E-state index in [9.17, 15) is 4.79 Å². The van der Waals surface area contributed by atoms with E-state index in [4.69, 9.17) is 4.52 Å². The van der Waals surface area contributed by atoms with Crippen LogP contribution in [-0.4, -0.2) is 23.5 Å². The maximum absolute atomic E-state index is 10.4. The first-order chi connectivity index (χ1) is 17.1. The Labute approximate surface area is 214 Å². The van der Waals surface area contributed by atoms with Crippen LogP contribution in [0.4, 0.5) is 0 Å². The van der Waals surface area contributed by atoms with Crippen LogP contribution < -0.4 is 5.32 Å². The molecule has 0 aliphatic carbocycles. The minimum absolute atomic E-state index is 0.309. The second-order valence-electron chi connectivity index (χ2n) is 9.86. The Morgan fingerprint density at radius 1 is 0.914 bits per heavy atom. The first kappa shape index (κ1) is 31.0. The number of hydrogen-bond donors (Lipinski definition) is 1. The summed E-state index contributed by atoms with van der Waals surface area (Å²) in [6, 6.07) is 8.55. The van der Waals surface area contributed by atoms with Crippen molar-refractivity contribution < 1.29 is 9.32 Å². The highest BCUT2D eigenvalue weighted by atomic mass is 16.5. The fourth-order valence-electron chi connectivity index (χ4n) is 3.95. The molecule has 0 aliphatic rings. The molecule has 1 heterocycles.